The molecule has 1 aromatic carbocycles. The lowest BCUT2D eigenvalue weighted by Gasteiger charge is -2.28. The van der Waals surface area contributed by atoms with Crippen molar-refractivity contribution in [1.29, 1.82) is 0 Å². The van der Waals surface area contributed by atoms with E-state index < -0.39 is 0 Å². The minimum atomic E-state index is -0.373. The molecule has 0 radical (unpaired) electrons. The van der Waals surface area contributed by atoms with Gasteiger partial charge in [0.15, 0.2) is 0 Å². The fourth-order valence-corrected chi connectivity index (χ4v) is 2.86. The van der Waals surface area contributed by atoms with Gasteiger partial charge in [0.05, 0.1) is 12.7 Å². The van der Waals surface area contributed by atoms with Crippen LogP contribution in [0.5, 0.6) is 5.75 Å². The van der Waals surface area contributed by atoms with E-state index in [9.17, 15) is 4.79 Å². The number of carbonyl (C=O) groups is 1. The van der Waals surface area contributed by atoms with Crippen molar-refractivity contribution in [1.82, 2.24) is 0 Å². The second-order valence-corrected chi connectivity index (χ2v) is 5.64. The zero-order valence-electron chi connectivity index (χ0n) is 12.9. The topological polar surface area (TPSA) is 61.5 Å². The van der Waals surface area contributed by atoms with E-state index in [2.05, 4.69) is 6.92 Å². The predicted molar refractivity (Wildman–Crippen MR) is 83.5 cm³/mol. The van der Waals surface area contributed by atoms with Crippen LogP contribution in [-0.2, 0) is 4.74 Å². The Morgan fingerprint density at radius 2 is 1.95 bits per heavy atom. The SMILES string of the molecule is CCOC(=O)c1cc(N)ccc1OC1CCC(CC)CC1. The zero-order valence-corrected chi connectivity index (χ0v) is 12.9. The number of carbonyl (C=O) groups excluding carboxylic acids is 1. The van der Waals surface area contributed by atoms with E-state index in [1.165, 1.54) is 19.3 Å². The fraction of sp³-hybridized carbons (Fsp3) is 0.588. The predicted octanol–water partition coefficient (Wildman–Crippen LogP) is 3.79. The summed E-state index contributed by atoms with van der Waals surface area (Å²) in [6.45, 7) is 4.37. The molecule has 4 heteroatoms. The monoisotopic (exact) mass is 291 g/mol. The van der Waals surface area contributed by atoms with Gasteiger partial charge in [0.2, 0.25) is 0 Å². The summed E-state index contributed by atoms with van der Waals surface area (Å²) in [5.74, 6) is 1.03. The summed E-state index contributed by atoms with van der Waals surface area (Å²) in [7, 11) is 0. The maximum absolute atomic E-state index is 12.0. The van der Waals surface area contributed by atoms with E-state index in [-0.39, 0.29) is 12.1 Å². The van der Waals surface area contributed by atoms with E-state index in [0.29, 0.717) is 23.6 Å². The molecule has 2 N–H and O–H groups in total. The van der Waals surface area contributed by atoms with Gasteiger partial charge < -0.3 is 15.2 Å². The Morgan fingerprint density at radius 1 is 1.24 bits per heavy atom. The maximum Gasteiger partial charge on any atom is 0.341 e. The van der Waals surface area contributed by atoms with Crippen LogP contribution in [0.1, 0.15) is 56.3 Å². The van der Waals surface area contributed by atoms with E-state index in [1.807, 2.05) is 0 Å². The van der Waals surface area contributed by atoms with Crippen LogP contribution in [0.25, 0.3) is 0 Å². The third-order valence-corrected chi connectivity index (χ3v) is 4.16. The highest BCUT2D eigenvalue weighted by atomic mass is 16.5. The summed E-state index contributed by atoms with van der Waals surface area (Å²) in [5, 5.41) is 0. The van der Waals surface area contributed by atoms with Crippen molar-refractivity contribution in [2.75, 3.05) is 12.3 Å². The van der Waals surface area contributed by atoms with Crippen molar-refractivity contribution in [3.05, 3.63) is 23.8 Å². The summed E-state index contributed by atoms with van der Waals surface area (Å²) in [6.07, 6.45) is 5.92. The van der Waals surface area contributed by atoms with Crippen LogP contribution >= 0.6 is 0 Å². The van der Waals surface area contributed by atoms with Gasteiger partial charge in [-0.3, -0.25) is 0 Å². The molecular formula is C17H25NO3. The Hall–Kier alpha value is -1.71. The quantitative estimate of drug-likeness (QED) is 0.662. The van der Waals surface area contributed by atoms with Crippen LogP contribution in [0.4, 0.5) is 5.69 Å². The van der Waals surface area contributed by atoms with Gasteiger partial charge in [0.25, 0.3) is 0 Å². The maximum atomic E-state index is 12.0. The molecule has 0 bridgehead atoms. The Morgan fingerprint density at radius 3 is 2.57 bits per heavy atom. The third kappa shape index (κ3) is 4.13. The first-order chi connectivity index (χ1) is 10.1. The molecule has 116 valence electrons. The van der Waals surface area contributed by atoms with Crippen molar-refractivity contribution >= 4 is 11.7 Å². The molecular weight excluding hydrogens is 266 g/mol. The molecule has 4 nitrogen and oxygen atoms in total. The highest BCUT2D eigenvalue weighted by molar-refractivity contribution is 5.93. The number of hydrogen-bond donors (Lipinski definition) is 1. The Bertz CT molecular complexity index is 479. The summed E-state index contributed by atoms with van der Waals surface area (Å²) < 4.78 is 11.1. The van der Waals surface area contributed by atoms with Crippen molar-refractivity contribution in [2.45, 2.75) is 52.1 Å². The van der Waals surface area contributed by atoms with E-state index in [4.69, 9.17) is 15.2 Å². The van der Waals surface area contributed by atoms with Gasteiger partial charge in [0, 0.05) is 5.69 Å². The van der Waals surface area contributed by atoms with Crippen LogP contribution in [0.3, 0.4) is 0 Å². The molecule has 1 aliphatic rings. The van der Waals surface area contributed by atoms with E-state index >= 15 is 0 Å². The van der Waals surface area contributed by atoms with Crippen LogP contribution in [-0.4, -0.2) is 18.7 Å². The minimum absolute atomic E-state index is 0.185. The molecule has 0 atom stereocenters. The number of nitrogens with two attached hydrogens (primary N) is 1. The first kappa shape index (κ1) is 15.7. The molecule has 1 aromatic rings. The largest absolute Gasteiger partial charge is 0.490 e. The van der Waals surface area contributed by atoms with Gasteiger partial charge in [-0.2, -0.15) is 0 Å². The van der Waals surface area contributed by atoms with Gasteiger partial charge >= 0.3 is 5.97 Å². The molecule has 0 saturated heterocycles. The molecule has 0 aromatic heterocycles. The van der Waals surface area contributed by atoms with Crippen molar-refractivity contribution < 1.29 is 14.3 Å². The first-order valence-corrected chi connectivity index (χ1v) is 7.87. The van der Waals surface area contributed by atoms with Crippen molar-refractivity contribution in [3.63, 3.8) is 0 Å². The molecule has 0 spiro atoms. The van der Waals surface area contributed by atoms with Gasteiger partial charge in [-0.1, -0.05) is 13.3 Å². The second kappa shape index (κ2) is 7.34. The number of rotatable bonds is 5. The lowest BCUT2D eigenvalue weighted by Crippen LogP contribution is -2.24. The zero-order chi connectivity index (χ0) is 15.2. The highest BCUT2D eigenvalue weighted by Crippen LogP contribution is 2.31. The lowest BCUT2D eigenvalue weighted by atomic mass is 9.86. The molecule has 0 unspecified atom stereocenters. The van der Waals surface area contributed by atoms with Gasteiger partial charge in [-0.25, -0.2) is 4.79 Å². The number of esters is 1. The van der Waals surface area contributed by atoms with Crippen LogP contribution in [0.15, 0.2) is 18.2 Å². The van der Waals surface area contributed by atoms with E-state index in [1.54, 1.807) is 25.1 Å². The number of nitrogen functional groups attached to an aromatic ring is 1. The molecule has 0 heterocycles. The Kier molecular flexibility index (Phi) is 5.48. The Balaban J connectivity index is 2.07. The summed E-state index contributed by atoms with van der Waals surface area (Å²) in [6, 6.07) is 5.16. The van der Waals surface area contributed by atoms with Crippen molar-refractivity contribution in [3.8, 4) is 5.75 Å². The first-order valence-electron chi connectivity index (χ1n) is 7.87. The number of hydrogen-bond acceptors (Lipinski definition) is 4. The van der Waals surface area contributed by atoms with E-state index in [0.717, 1.165) is 18.8 Å². The van der Waals surface area contributed by atoms with Crippen LogP contribution in [0, 0.1) is 5.92 Å². The smallest absolute Gasteiger partial charge is 0.341 e. The molecule has 0 aliphatic heterocycles. The molecule has 2 rings (SSSR count). The molecule has 21 heavy (non-hydrogen) atoms. The van der Waals surface area contributed by atoms with Gasteiger partial charge in [-0.15, -0.1) is 0 Å². The number of ether oxygens (including phenoxy) is 2. The standard InChI is InChI=1S/C17H25NO3/c1-3-12-5-8-14(9-6-12)21-16-10-7-13(18)11-15(16)17(19)20-4-2/h7,10-12,14H,3-6,8-9,18H2,1-2H3. The van der Waals surface area contributed by atoms with Crippen LogP contribution in [0.2, 0.25) is 0 Å². The average Bonchev–Trinajstić information content (AvgIpc) is 2.50. The lowest BCUT2D eigenvalue weighted by molar-refractivity contribution is 0.0515. The number of anilines is 1. The van der Waals surface area contributed by atoms with Gasteiger partial charge in [-0.05, 0) is 56.7 Å². The molecule has 1 fully saturated rings. The average molecular weight is 291 g/mol. The Labute approximate surface area is 126 Å². The van der Waals surface area contributed by atoms with Crippen LogP contribution < -0.4 is 10.5 Å². The van der Waals surface area contributed by atoms with Crippen molar-refractivity contribution in [2.24, 2.45) is 5.92 Å². The summed E-state index contributed by atoms with van der Waals surface area (Å²) >= 11 is 0. The molecule has 1 aliphatic carbocycles. The number of benzene rings is 1. The minimum Gasteiger partial charge on any atom is -0.490 e. The van der Waals surface area contributed by atoms with Gasteiger partial charge in [0.1, 0.15) is 11.3 Å². The molecule has 0 amide bonds. The summed E-state index contributed by atoms with van der Waals surface area (Å²) in [4.78, 5) is 12.0. The molecule has 1 saturated carbocycles. The summed E-state index contributed by atoms with van der Waals surface area (Å²) in [5.41, 5.74) is 6.73. The third-order valence-electron chi connectivity index (χ3n) is 4.16. The fourth-order valence-electron chi connectivity index (χ4n) is 2.86. The second-order valence-electron chi connectivity index (χ2n) is 5.64. The highest BCUT2D eigenvalue weighted by Gasteiger charge is 2.23. The normalized spacial score (nSPS) is 21.8.